The number of rotatable bonds is 49. The number of nitrogens with one attached hydrogen (secondary N) is 9. The number of aliphatic carboxylic acids is 1. The average Bonchev–Trinajstić information content (AvgIpc) is 3.39. The molecule has 0 rings (SSSR count). The Kier molecular flexibility index (Phi) is 42.8. The molecule has 0 aliphatic carbocycles. The van der Waals surface area contributed by atoms with Gasteiger partial charge in [0.05, 0.1) is 6.04 Å². The number of amides is 9. The minimum atomic E-state index is -1.22. The zero-order valence-electron chi connectivity index (χ0n) is 53.8. The summed E-state index contributed by atoms with van der Waals surface area (Å²) in [4.78, 5) is 139. The molecule has 0 fully saturated rings. The van der Waals surface area contributed by atoms with Crippen LogP contribution in [0.4, 0.5) is 0 Å². The van der Waals surface area contributed by atoms with Gasteiger partial charge in [0.25, 0.3) is 0 Å². The molecule has 0 radical (unpaired) electrons. The molecule has 0 unspecified atom stereocenters. The Morgan fingerprint density at radius 2 is 0.442 bits per heavy atom. The van der Waals surface area contributed by atoms with E-state index in [-0.39, 0.29) is 87.4 Å². The van der Waals surface area contributed by atoms with E-state index in [2.05, 4.69) is 47.9 Å². The molecule has 0 aromatic rings. The first-order valence-electron chi connectivity index (χ1n) is 31.8. The lowest BCUT2D eigenvalue weighted by molar-refractivity contribution is -0.143. The van der Waals surface area contributed by atoms with Crippen LogP contribution in [0.25, 0.3) is 0 Å². The van der Waals surface area contributed by atoms with E-state index in [1.165, 1.54) is 0 Å². The van der Waals surface area contributed by atoms with Crippen LogP contribution in [0.1, 0.15) is 198 Å². The quantitative estimate of drug-likeness (QED) is 0.0372. The van der Waals surface area contributed by atoms with Crippen molar-refractivity contribution in [1.29, 1.82) is 0 Å². The lowest BCUT2D eigenvalue weighted by atomic mass is 9.98. The topological polar surface area (TPSA) is 455 Å². The molecule has 26 nitrogen and oxygen atoms in total. The molecule has 0 spiro atoms. The van der Waals surface area contributed by atoms with Crippen LogP contribution in [-0.4, -0.2) is 157 Å². The molecule has 0 aromatic heterocycles. The molecule has 9 amide bonds. The van der Waals surface area contributed by atoms with Crippen molar-refractivity contribution in [1.82, 2.24) is 47.9 Å². The molecule has 0 saturated heterocycles. The third kappa shape index (κ3) is 35.3. The number of carboxylic acids is 1. The second-order valence-electron chi connectivity index (χ2n) is 25.1. The highest BCUT2D eigenvalue weighted by molar-refractivity contribution is 5.98. The van der Waals surface area contributed by atoms with E-state index in [0.29, 0.717) is 103 Å². The standard InChI is InChI=1S/C60H117N15O11/c1-36(2)31-46(56(81)69-43(23-13-18-28-63)52(77)68-45(25-15-20-30-65)55(80)75-50(60(85)86)35-40(9)10)73-59(84)49(34-39(7)8)72-54(79)44(24-14-19-29-64)70-57(82)47(32-37(3)4)74-58(83)48(33-38(5)6)71-53(78)42(22-12-17-27-62)67-51(76)41(66)21-11-16-26-61/h36-50H,11-35,61-66H2,1-10H3,(H,67,76)(H,68,77)(H,69,81)(H,70,82)(H,71,78)(H,72,79)(H,73,84)(H,74,83)(H,75,80)(H,85,86)/t41-,42-,43-,44-,45-,46-,47-,48-,49-,50-/m0/s1. The first-order valence-corrected chi connectivity index (χ1v) is 31.8. The lowest BCUT2D eigenvalue weighted by Crippen LogP contribution is -2.61. The number of unbranched alkanes of at least 4 members (excludes halogenated alkanes) is 5. The van der Waals surface area contributed by atoms with E-state index < -0.39 is 120 Å². The van der Waals surface area contributed by atoms with Gasteiger partial charge in [0.15, 0.2) is 0 Å². The Bertz CT molecular complexity index is 2030. The van der Waals surface area contributed by atoms with Gasteiger partial charge in [-0.05, 0) is 184 Å². The van der Waals surface area contributed by atoms with Gasteiger partial charge >= 0.3 is 5.97 Å². The highest BCUT2D eigenvalue weighted by atomic mass is 16.4. The zero-order chi connectivity index (χ0) is 65.5. The maximum atomic E-state index is 14.5. The fourth-order valence-electron chi connectivity index (χ4n) is 9.65. The number of carboxylic acid groups (broad SMARTS) is 1. The average molecular weight is 1220 g/mol. The Hall–Kier alpha value is -5.54. The van der Waals surface area contributed by atoms with Crippen molar-refractivity contribution in [3.05, 3.63) is 0 Å². The molecular weight excluding hydrogens is 1110 g/mol. The number of nitrogens with two attached hydrogens (primary N) is 6. The van der Waals surface area contributed by atoms with Gasteiger partial charge in [-0.2, -0.15) is 0 Å². The molecule has 0 heterocycles. The maximum Gasteiger partial charge on any atom is 0.326 e. The molecule has 498 valence electrons. The van der Waals surface area contributed by atoms with Gasteiger partial charge in [-0.3, -0.25) is 43.2 Å². The summed E-state index contributed by atoms with van der Waals surface area (Å²) in [6.45, 7) is 20.2. The molecule has 10 atom stereocenters. The largest absolute Gasteiger partial charge is 0.480 e. The normalized spacial score (nSPS) is 15.1. The van der Waals surface area contributed by atoms with Crippen LogP contribution >= 0.6 is 0 Å². The van der Waals surface area contributed by atoms with E-state index in [1.807, 2.05) is 69.2 Å². The summed E-state index contributed by atoms with van der Waals surface area (Å²) >= 11 is 0. The summed E-state index contributed by atoms with van der Waals surface area (Å²) in [7, 11) is 0. The molecule has 86 heavy (non-hydrogen) atoms. The minimum absolute atomic E-state index is 0.0599. The third-order valence-corrected chi connectivity index (χ3v) is 14.3. The second kappa shape index (κ2) is 45.7. The van der Waals surface area contributed by atoms with Crippen molar-refractivity contribution < 1.29 is 53.1 Å². The van der Waals surface area contributed by atoms with Gasteiger partial charge in [-0.15, -0.1) is 0 Å². The lowest BCUT2D eigenvalue weighted by Gasteiger charge is -2.29. The molecule has 0 aliphatic heterocycles. The van der Waals surface area contributed by atoms with Gasteiger partial charge < -0.3 is 87.4 Å². The molecule has 0 bridgehead atoms. The van der Waals surface area contributed by atoms with Crippen molar-refractivity contribution in [3.63, 3.8) is 0 Å². The van der Waals surface area contributed by atoms with Crippen molar-refractivity contribution in [2.24, 2.45) is 64.0 Å². The van der Waals surface area contributed by atoms with E-state index in [1.54, 1.807) is 0 Å². The van der Waals surface area contributed by atoms with Gasteiger partial charge in [-0.25, -0.2) is 4.79 Å². The van der Waals surface area contributed by atoms with Crippen molar-refractivity contribution in [3.8, 4) is 0 Å². The Labute approximate surface area is 513 Å². The van der Waals surface area contributed by atoms with Crippen LogP contribution in [0.2, 0.25) is 0 Å². The molecule has 22 N–H and O–H groups in total. The zero-order valence-corrected chi connectivity index (χ0v) is 53.8. The summed E-state index contributed by atoms with van der Waals surface area (Å²) in [5.41, 5.74) is 34.9. The van der Waals surface area contributed by atoms with Crippen LogP contribution in [-0.2, 0) is 47.9 Å². The smallest absolute Gasteiger partial charge is 0.326 e. The van der Waals surface area contributed by atoms with E-state index in [0.717, 1.165) is 0 Å². The number of carbonyl (C=O) groups is 10. The Morgan fingerprint density at radius 1 is 0.267 bits per heavy atom. The van der Waals surface area contributed by atoms with Crippen molar-refractivity contribution in [2.75, 3.05) is 32.7 Å². The molecule has 26 heteroatoms. The van der Waals surface area contributed by atoms with Crippen molar-refractivity contribution >= 4 is 59.1 Å². The van der Waals surface area contributed by atoms with E-state index in [9.17, 15) is 53.1 Å². The fraction of sp³-hybridized carbons (Fsp3) is 0.833. The van der Waals surface area contributed by atoms with E-state index in [4.69, 9.17) is 34.4 Å². The van der Waals surface area contributed by atoms with Gasteiger partial charge in [0, 0.05) is 0 Å². The second-order valence-corrected chi connectivity index (χ2v) is 25.1. The van der Waals surface area contributed by atoms with Crippen LogP contribution in [0.5, 0.6) is 0 Å². The maximum absolute atomic E-state index is 14.5. The summed E-state index contributed by atoms with van der Waals surface area (Å²) < 4.78 is 0. The number of hydrogen-bond acceptors (Lipinski definition) is 16. The SMILES string of the molecule is CC(C)C[C@H](NC(=O)[C@H](CCCCN)NC(=O)[C@H](CCCCN)NC(=O)[C@H](CC(C)C)NC(=O)[C@H](CC(C)C)NC(=O)[C@H](CCCCN)NC(=O)[C@H](CC(C)C)NC(=O)[C@H](CC(C)C)NC(=O)[C@H](CCCCN)NC(=O)[C@@H](N)CCCCN)C(=O)O. The van der Waals surface area contributed by atoms with Gasteiger partial charge in [0.2, 0.25) is 53.2 Å². The van der Waals surface area contributed by atoms with Crippen LogP contribution < -0.4 is 82.3 Å². The molecule has 0 saturated carbocycles. The first kappa shape index (κ1) is 80.5. The monoisotopic (exact) mass is 1220 g/mol. The van der Waals surface area contributed by atoms with Crippen LogP contribution in [0.3, 0.4) is 0 Å². The highest BCUT2D eigenvalue weighted by Crippen LogP contribution is 2.16. The van der Waals surface area contributed by atoms with Crippen LogP contribution in [0.15, 0.2) is 0 Å². The highest BCUT2D eigenvalue weighted by Gasteiger charge is 2.36. The summed E-state index contributed by atoms with van der Waals surface area (Å²) in [6, 6.07) is -11.4. The molecular formula is C60H117N15O11. The van der Waals surface area contributed by atoms with Crippen LogP contribution in [0, 0.1) is 29.6 Å². The molecule has 0 aliphatic rings. The summed E-state index contributed by atoms with van der Waals surface area (Å²) in [6.07, 6.45) is 6.84. The Balaban J connectivity index is 6.92. The minimum Gasteiger partial charge on any atom is -0.480 e. The summed E-state index contributed by atoms with van der Waals surface area (Å²) in [5, 5.41) is 34.8. The van der Waals surface area contributed by atoms with Gasteiger partial charge in [-0.1, -0.05) is 75.7 Å². The Morgan fingerprint density at radius 3 is 0.651 bits per heavy atom. The predicted molar refractivity (Wildman–Crippen MR) is 335 cm³/mol. The third-order valence-electron chi connectivity index (χ3n) is 14.3. The molecule has 0 aromatic carbocycles. The van der Waals surface area contributed by atoms with E-state index >= 15 is 0 Å². The number of carbonyl (C=O) groups excluding carboxylic acids is 9. The van der Waals surface area contributed by atoms with Gasteiger partial charge in [0.1, 0.15) is 54.4 Å². The fourth-order valence-corrected chi connectivity index (χ4v) is 9.65. The number of hydrogen-bond donors (Lipinski definition) is 16. The first-order chi connectivity index (χ1) is 40.5. The predicted octanol–water partition coefficient (Wildman–Crippen LogP) is 0.637. The van der Waals surface area contributed by atoms with Crippen molar-refractivity contribution in [2.45, 2.75) is 258 Å². The summed E-state index contributed by atoms with van der Waals surface area (Å²) in [5.74, 6) is -7.83.